The van der Waals surface area contributed by atoms with E-state index in [9.17, 15) is 4.39 Å². The van der Waals surface area contributed by atoms with E-state index in [4.69, 9.17) is 0 Å². The maximum atomic E-state index is 13.5. The number of rotatable bonds is 6. The second kappa shape index (κ2) is 6.71. The molecule has 1 aliphatic rings. The van der Waals surface area contributed by atoms with E-state index in [1.165, 1.54) is 24.5 Å². The maximum absolute atomic E-state index is 13.5. The van der Waals surface area contributed by atoms with E-state index >= 15 is 0 Å². The van der Waals surface area contributed by atoms with Crippen molar-refractivity contribution < 1.29 is 4.39 Å². The van der Waals surface area contributed by atoms with Gasteiger partial charge in [0.05, 0.1) is 0 Å². The molecule has 3 rings (SSSR count). The summed E-state index contributed by atoms with van der Waals surface area (Å²) in [4.78, 5) is 0. The highest BCUT2D eigenvalue weighted by atomic mass is 79.9. The standard InChI is InChI=1S/C18H19BrFN/c19-16-5-1-3-13(10-16)9-15(12-21-18-7-8-18)14-4-2-6-17(20)11-14/h1-6,10-11,15,18,21H,7-9,12H2. The van der Waals surface area contributed by atoms with Gasteiger partial charge in [0.15, 0.2) is 0 Å². The van der Waals surface area contributed by atoms with Gasteiger partial charge in [-0.3, -0.25) is 0 Å². The minimum atomic E-state index is -0.154. The Hall–Kier alpha value is -1.19. The Morgan fingerprint density at radius 2 is 1.95 bits per heavy atom. The van der Waals surface area contributed by atoms with Crippen LogP contribution in [0.2, 0.25) is 0 Å². The zero-order chi connectivity index (χ0) is 14.7. The van der Waals surface area contributed by atoms with Crippen LogP contribution in [0.15, 0.2) is 53.0 Å². The summed E-state index contributed by atoms with van der Waals surface area (Å²) < 4.78 is 14.6. The fraction of sp³-hybridized carbons (Fsp3) is 0.333. The number of nitrogens with one attached hydrogen (secondary N) is 1. The van der Waals surface area contributed by atoms with Gasteiger partial charge in [-0.2, -0.15) is 0 Å². The van der Waals surface area contributed by atoms with Crippen molar-refractivity contribution in [3.8, 4) is 0 Å². The van der Waals surface area contributed by atoms with Crippen molar-refractivity contribution in [1.29, 1.82) is 0 Å². The molecule has 110 valence electrons. The molecule has 1 N–H and O–H groups in total. The van der Waals surface area contributed by atoms with Crippen molar-refractivity contribution in [2.75, 3.05) is 6.54 Å². The monoisotopic (exact) mass is 347 g/mol. The summed E-state index contributed by atoms with van der Waals surface area (Å²) in [5, 5.41) is 3.58. The van der Waals surface area contributed by atoms with E-state index in [-0.39, 0.29) is 5.82 Å². The predicted octanol–water partition coefficient (Wildman–Crippen LogP) is 4.67. The fourth-order valence-electron chi connectivity index (χ4n) is 2.61. The lowest BCUT2D eigenvalue weighted by Crippen LogP contribution is -2.25. The summed E-state index contributed by atoms with van der Waals surface area (Å²) in [5.74, 6) is 0.147. The van der Waals surface area contributed by atoms with Gasteiger partial charge in [-0.1, -0.05) is 40.2 Å². The summed E-state index contributed by atoms with van der Waals surface area (Å²) >= 11 is 3.52. The third-order valence-electron chi connectivity index (χ3n) is 3.92. The minimum Gasteiger partial charge on any atom is -0.313 e. The van der Waals surface area contributed by atoms with Crippen molar-refractivity contribution in [3.05, 3.63) is 69.9 Å². The molecule has 1 nitrogen and oxygen atoms in total. The summed E-state index contributed by atoms with van der Waals surface area (Å²) in [7, 11) is 0. The molecule has 3 heteroatoms. The van der Waals surface area contributed by atoms with E-state index in [0.29, 0.717) is 12.0 Å². The molecular formula is C18H19BrFN. The van der Waals surface area contributed by atoms with Crippen LogP contribution >= 0.6 is 15.9 Å². The van der Waals surface area contributed by atoms with Crippen molar-refractivity contribution in [1.82, 2.24) is 5.32 Å². The second-order valence-electron chi connectivity index (χ2n) is 5.77. The average molecular weight is 348 g/mol. The van der Waals surface area contributed by atoms with Crippen molar-refractivity contribution in [2.45, 2.75) is 31.2 Å². The smallest absolute Gasteiger partial charge is 0.123 e. The molecule has 0 heterocycles. The van der Waals surface area contributed by atoms with E-state index in [1.807, 2.05) is 12.1 Å². The minimum absolute atomic E-state index is 0.154. The van der Waals surface area contributed by atoms with E-state index in [1.54, 1.807) is 12.1 Å². The largest absolute Gasteiger partial charge is 0.313 e. The zero-order valence-corrected chi connectivity index (χ0v) is 13.4. The Labute approximate surface area is 133 Å². The fourth-order valence-corrected chi connectivity index (χ4v) is 3.06. The lowest BCUT2D eigenvalue weighted by atomic mass is 9.92. The molecule has 2 aromatic rings. The first kappa shape index (κ1) is 14.7. The quantitative estimate of drug-likeness (QED) is 0.800. The number of benzene rings is 2. The predicted molar refractivity (Wildman–Crippen MR) is 88.0 cm³/mol. The average Bonchev–Trinajstić information content (AvgIpc) is 3.27. The zero-order valence-electron chi connectivity index (χ0n) is 11.9. The molecule has 2 aromatic carbocycles. The molecule has 21 heavy (non-hydrogen) atoms. The van der Waals surface area contributed by atoms with Gasteiger partial charge in [0.25, 0.3) is 0 Å². The summed E-state index contributed by atoms with van der Waals surface area (Å²) in [6.07, 6.45) is 3.46. The Bertz CT molecular complexity index is 610. The number of hydrogen-bond donors (Lipinski definition) is 1. The molecule has 1 fully saturated rings. The van der Waals surface area contributed by atoms with Crippen molar-refractivity contribution in [3.63, 3.8) is 0 Å². The summed E-state index contributed by atoms with van der Waals surface area (Å²) in [5.41, 5.74) is 2.35. The second-order valence-corrected chi connectivity index (χ2v) is 6.68. The first-order valence-electron chi connectivity index (χ1n) is 7.44. The van der Waals surface area contributed by atoms with Gasteiger partial charge < -0.3 is 5.32 Å². The molecule has 0 amide bonds. The maximum Gasteiger partial charge on any atom is 0.123 e. The summed E-state index contributed by atoms with van der Waals surface area (Å²) in [6.45, 7) is 0.903. The van der Waals surface area contributed by atoms with E-state index < -0.39 is 0 Å². The molecule has 0 bridgehead atoms. The van der Waals surface area contributed by atoms with Gasteiger partial charge in [-0.05, 0) is 54.7 Å². The Morgan fingerprint density at radius 3 is 2.67 bits per heavy atom. The first-order chi connectivity index (χ1) is 10.2. The molecule has 1 atom stereocenters. The molecule has 1 aliphatic carbocycles. The lowest BCUT2D eigenvalue weighted by Gasteiger charge is -2.18. The van der Waals surface area contributed by atoms with Crippen LogP contribution in [0.25, 0.3) is 0 Å². The topological polar surface area (TPSA) is 12.0 Å². The third-order valence-corrected chi connectivity index (χ3v) is 4.41. The highest BCUT2D eigenvalue weighted by molar-refractivity contribution is 9.10. The molecule has 1 unspecified atom stereocenters. The van der Waals surface area contributed by atoms with Crippen LogP contribution in [0.4, 0.5) is 4.39 Å². The number of hydrogen-bond acceptors (Lipinski definition) is 1. The number of halogens is 2. The Morgan fingerprint density at radius 1 is 1.14 bits per heavy atom. The van der Waals surface area contributed by atoms with Crippen LogP contribution < -0.4 is 5.32 Å². The van der Waals surface area contributed by atoms with Gasteiger partial charge in [-0.15, -0.1) is 0 Å². The highest BCUT2D eigenvalue weighted by Crippen LogP contribution is 2.25. The SMILES string of the molecule is Fc1cccc(C(CNC2CC2)Cc2cccc(Br)c2)c1. The molecule has 0 aromatic heterocycles. The van der Waals surface area contributed by atoms with Crippen molar-refractivity contribution in [2.24, 2.45) is 0 Å². The van der Waals surface area contributed by atoms with Crippen LogP contribution in [0.3, 0.4) is 0 Å². The van der Waals surface area contributed by atoms with Gasteiger partial charge in [0.1, 0.15) is 5.82 Å². The molecule has 0 radical (unpaired) electrons. The molecular weight excluding hydrogens is 329 g/mol. The normalized spacial score (nSPS) is 15.9. The first-order valence-corrected chi connectivity index (χ1v) is 8.23. The molecule has 1 saturated carbocycles. The van der Waals surface area contributed by atoms with Crippen molar-refractivity contribution >= 4 is 15.9 Å². The molecule has 0 aliphatic heterocycles. The van der Waals surface area contributed by atoms with Crippen LogP contribution in [-0.2, 0) is 6.42 Å². The van der Waals surface area contributed by atoms with Gasteiger partial charge >= 0.3 is 0 Å². The highest BCUT2D eigenvalue weighted by Gasteiger charge is 2.22. The van der Waals surface area contributed by atoms with Gasteiger partial charge in [0, 0.05) is 23.0 Å². The van der Waals surface area contributed by atoms with Crippen LogP contribution in [0, 0.1) is 5.82 Å². The summed E-state index contributed by atoms with van der Waals surface area (Å²) in [6, 6.07) is 16.0. The lowest BCUT2D eigenvalue weighted by molar-refractivity contribution is 0.569. The Kier molecular flexibility index (Phi) is 4.71. The van der Waals surface area contributed by atoms with Crippen LogP contribution in [0.1, 0.15) is 29.9 Å². The van der Waals surface area contributed by atoms with Gasteiger partial charge in [0.2, 0.25) is 0 Å². The molecule has 0 spiro atoms. The third kappa shape index (κ3) is 4.39. The molecule has 0 saturated heterocycles. The van der Waals surface area contributed by atoms with Crippen LogP contribution in [-0.4, -0.2) is 12.6 Å². The Balaban J connectivity index is 1.77. The van der Waals surface area contributed by atoms with Gasteiger partial charge in [-0.25, -0.2) is 4.39 Å². The van der Waals surface area contributed by atoms with E-state index in [0.717, 1.165) is 23.0 Å². The van der Waals surface area contributed by atoms with Crippen LogP contribution in [0.5, 0.6) is 0 Å². The van der Waals surface area contributed by atoms with E-state index in [2.05, 4.69) is 39.4 Å².